The standard InChI is InChI=1S/C22H22F3N5O4/c1-28-17(32)13-11-21(34-18(13)29(2)20(28)33)6-3-8-30(9-7-21)16(31)12-4-5-14-15(10-12)27-19(26-14)22(23,24)25/h4-5,10H,3,6-9,11H2,1-2H3,(H,26,27)/t21-/m1/s1. The number of aromatic nitrogens is 4. The van der Waals surface area contributed by atoms with Gasteiger partial charge in [-0.25, -0.2) is 9.78 Å². The number of nitrogens with one attached hydrogen (secondary N) is 1. The van der Waals surface area contributed by atoms with Crippen LogP contribution in [0, 0.1) is 0 Å². The molecule has 0 saturated carbocycles. The van der Waals surface area contributed by atoms with E-state index in [-0.39, 0.29) is 33.9 Å². The van der Waals surface area contributed by atoms with Crippen molar-refractivity contribution in [3.8, 4) is 5.88 Å². The highest BCUT2D eigenvalue weighted by Crippen LogP contribution is 2.39. The minimum absolute atomic E-state index is 0.128. The van der Waals surface area contributed by atoms with E-state index in [4.69, 9.17) is 4.74 Å². The second-order valence-electron chi connectivity index (χ2n) is 8.91. The summed E-state index contributed by atoms with van der Waals surface area (Å²) in [4.78, 5) is 45.4. The molecular formula is C22H22F3N5O4. The van der Waals surface area contributed by atoms with E-state index in [0.717, 1.165) is 4.57 Å². The molecule has 3 aromatic rings. The van der Waals surface area contributed by atoms with Gasteiger partial charge in [0, 0.05) is 45.6 Å². The second-order valence-corrected chi connectivity index (χ2v) is 8.91. The number of H-pyrrole nitrogens is 1. The minimum atomic E-state index is -4.61. The number of likely N-dealkylation sites (tertiary alicyclic amines) is 1. The summed E-state index contributed by atoms with van der Waals surface area (Å²) in [6.07, 6.45) is -2.59. The molecule has 34 heavy (non-hydrogen) atoms. The summed E-state index contributed by atoms with van der Waals surface area (Å²) in [6, 6.07) is 4.23. The zero-order valence-corrected chi connectivity index (χ0v) is 18.5. The summed E-state index contributed by atoms with van der Waals surface area (Å²) in [5.74, 6) is -1.14. The minimum Gasteiger partial charge on any atom is -0.471 e. The maximum absolute atomic E-state index is 13.1. The van der Waals surface area contributed by atoms with E-state index in [1.165, 1.54) is 29.8 Å². The molecule has 1 fully saturated rings. The van der Waals surface area contributed by atoms with Crippen molar-refractivity contribution in [1.29, 1.82) is 0 Å². The first-order valence-corrected chi connectivity index (χ1v) is 10.8. The molecule has 0 radical (unpaired) electrons. The van der Waals surface area contributed by atoms with E-state index in [1.807, 2.05) is 0 Å². The normalized spacial score (nSPS) is 20.4. The van der Waals surface area contributed by atoms with Crippen molar-refractivity contribution < 1.29 is 22.7 Å². The molecule has 12 heteroatoms. The molecule has 1 aromatic carbocycles. The molecule has 0 aliphatic carbocycles. The Morgan fingerprint density at radius 1 is 1.15 bits per heavy atom. The average molecular weight is 477 g/mol. The van der Waals surface area contributed by atoms with Crippen LogP contribution in [0.15, 0.2) is 27.8 Å². The van der Waals surface area contributed by atoms with Crippen molar-refractivity contribution >= 4 is 16.9 Å². The van der Waals surface area contributed by atoms with Crippen molar-refractivity contribution in [3.63, 3.8) is 0 Å². The molecule has 0 bridgehead atoms. The van der Waals surface area contributed by atoms with Crippen LogP contribution in [0.25, 0.3) is 11.0 Å². The Morgan fingerprint density at radius 2 is 1.91 bits per heavy atom. The molecule has 0 unspecified atom stereocenters. The fraction of sp³-hybridized carbons (Fsp3) is 0.455. The number of ether oxygens (including phenoxy) is 1. The molecule has 1 spiro atoms. The number of carbonyl (C=O) groups is 1. The lowest BCUT2D eigenvalue weighted by atomic mass is 9.90. The maximum atomic E-state index is 13.1. The summed E-state index contributed by atoms with van der Waals surface area (Å²) >= 11 is 0. The predicted molar refractivity (Wildman–Crippen MR) is 115 cm³/mol. The molecule has 1 amide bonds. The summed E-state index contributed by atoms with van der Waals surface area (Å²) in [5, 5.41) is 0. The van der Waals surface area contributed by atoms with Gasteiger partial charge < -0.3 is 14.6 Å². The number of carbonyl (C=O) groups excluding carboxylic acids is 1. The van der Waals surface area contributed by atoms with Gasteiger partial charge in [0.25, 0.3) is 11.5 Å². The first-order chi connectivity index (χ1) is 16.0. The van der Waals surface area contributed by atoms with Crippen molar-refractivity contribution in [2.24, 2.45) is 14.1 Å². The van der Waals surface area contributed by atoms with Gasteiger partial charge >= 0.3 is 11.9 Å². The molecule has 1 atom stereocenters. The zero-order chi connectivity index (χ0) is 24.4. The molecule has 2 aliphatic rings. The van der Waals surface area contributed by atoms with Crippen LogP contribution in [0.5, 0.6) is 5.88 Å². The van der Waals surface area contributed by atoms with Gasteiger partial charge in [-0.3, -0.25) is 18.7 Å². The number of rotatable bonds is 1. The number of aromatic amines is 1. The number of nitrogens with zero attached hydrogens (tertiary/aromatic N) is 4. The highest BCUT2D eigenvalue weighted by Gasteiger charge is 2.44. The Bertz CT molecular complexity index is 1440. The fourth-order valence-corrected chi connectivity index (χ4v) is 4.85. The number of hydrogen-bond donors (Lipinski definition) is 1. The summed E-state index contributed by atoms with van der Waals surface area (Å²) in [6.45, 7) is 0.780. The Morgan fingerprint density at radius 3 is 2.65 bits per heavy atom. The van der Waals surface area contributed by atoms with Gasteiger partial charge in [-0.1, -0.05) is 0 Å². The number of fused-ring (bicyclic) bond motifs is 2. The summed E-state index contributed by atoms with van der Waals surface area (Å²) in [7, 11) is 2.99. The van der Waals surface area contributed by atoms with Crippen LogP contribution < -0.4 is 16.0 Å². The van der Waals surface area contributed by atoms with Crippen LogP contribution in [-0.2, 0) is 26.7 Å². The largest absolute Gasteiger partial charge is 0.471 e. The van der Waals surface area contributed by atoms with Crippen LogP contribution in [0.4, 0.5) is 13.2 Å². The van der Waals surface area contributed by atoms with E-state index in [9.17, 15) is 27.6 Å². The summed E-state index contributed by atoms with van der Waals surface area (Å²) in [5.41, 5.74) is -0.558. The first-order valence-electron chi connectivity index (χ1n) is 10.8. The van der Waals surface area contributed by atoms with E-state index in [0.29, 0.717) is 44.3 Å². The second kappa shape index (κ2) is 7.47. The number of hydrogen-bond acceptors (Lipinski definition) is 5. The quantitative estimate of drug-likeness (QED) is 0.578. The Kier molecular flexibility index (Phi) is 4.88. The smallest absolute Gasteiger partial charge is 0.449 e. The number of benzene rings is 1. The summed E-state index contributed by atoms with van der Waals surface area (Å²) < 4.78 is 47.4. The van der Waals surface area contributed by atoms with Crippen molar-refractivity contribution in [2.75, 3.05) is 13.1 Å². The molecular weight excluding hydrogens is 455 g/mol. The molecule has 5 rings (SSSR count). The van der Waals surface area contributed by atoms with Crippen LogP contribution in [0.2, 0.25) is 0 Å². The van der Waals surface area contributed by atoms with Crippen LogP contribution in [0.1, 0.15) is 41.0 Å². The molecule has 4 heterocycles. The van der Waals surface area contributed by atoms with Crippen molar-refractivity contribution in [2.45, 2.75) is 37.5 Å². The van der Waals surface area contributed by atoms with Crippen molar-refractivity contribution in [1.82, 2.24) is 24.0 Å². The van der Waals surface area contributed by atoms with Crippen LogP contribution in [-0.4, -0.2) is 48.6 Å². The van der Waals surface area contributed by atoms with E-state index in [1.54, 1.807) is 11.9 Å². The lowest BCUT2D eigenvalue weighted by Gasteiger charge is -2.27. The van der Waals surface area contributed by atoms with E-state index < -0.39 is 23.3 Å². The van der Waals surface area contributed by atoms with Crippen molar-refractivity contribution in [3.05, 3.63) is 56.0 Å². The van der Waals surface area contributed by atoms with E-state index >= 15 is 0 Å². The van der Waals surface area contributed by atoms with Gasteiger partial charge in [0.2, 0.25) is 11.7 Å². The lowest BCUT2D eigenvalue weighted by molar-refractivity contribution is -0.144. The third-order valence-electron chi connectivity index (χ3n) is 6.69. The third-order valence-corrected chi connectivity index (χ3v) is 6.69. The Hall–Kier alpha value is -3.57. The fourth-order valence-electron chi connectivity index (χ4n) is 4.85. The van der Waals surface area contributed by atoms with Crippen LogP contribution >= 0.6 is 0 Å². The number of imidazole rings is 1. The highest BCUT2D eigenvalue weighted by atomic mass is 19.4. The van der Waals surface area contributed by atoms with Gasteiger partial charge in [-0.2, -0.15) is 13.2 Å². The average Bonchev–Trinajstić information content (AvgIpc) is 3.33. The maximum Gasteiger partial charge on any atom is 0.449 e. The number of amides is 1. The highest BCUT2D eigenvalue weighted by molar-refractivity contribution is 5.97. The lowest BCUT2D eigenvalue weighted by Crippen LogP contribution is -2.38. The van der Waals surface area contributed by atoms with Gasteiger partial charge in [-0.05, 0) is 31.0 Å². The number of alkyl halides is 3. The Labute approximate surface area is 190 Å². The molecule has 2 aromatic heterocycles. The van der Waals surface area contributed by atoms with Gasteiger partial charge in [-0.15, -0.1) is 0 Å². The molecule has 180 valence electrons. The first kappa shape index (κ1) is 22.2. The van der Waals surface area contributed by atoms with Crippen LogP contribution in [0.3, 0.4) is 0 Å². The molecule has 2 aliphatic heterocycles. The van der Waals surface area contributed by atoms with Gasteiger partial charge in [0.15, 0.2) is 0 Å². The predicted octanol–water partition coefficient (Wildman–Crippen LogP) is 1.98. The third kappa shape index (κ3) is 3.48. The Balaban J connectivity index is 1.37. The zero-order valence-electron chi connectivity index (χ0n) is 18.5. The molecule has 1 saturated heterocycles. The van der Waals surface area contributed by atoms with E-state index in [2.05, 4.69) is 9.97 Å². The van der Waals surface area contributed by atoms with Gasteiger partial charge in [0.1, 0.15) is 5.60 Å². The topological polar surface area (TPSA) is 102 Å². The van der Waals surface area contributed by atoms with Gasteiger partial charge in [0.05, 0.1) is 16.6 Å². The molecule has 1 N–H and O–H groups in total. The number of halogens is 3. The molecule has 9 nitrogen and oxygen atoms in total. The SMILES string of the molecule is Cn1c2c(c(=O)n(C)c1=O)C[C@]1(CCCN(C(=O)c3ccc4nc(C(F)(F)F)[nH]c4c3)CC1)O2. The monoisotopic (exact) mass is 477 g/mol.